The lowest BCUT2D eigenvalue weighted by Crippen LogP contribution is -2.18. The average Bonchev–Trinajstić information content (AvgIpc) is 2.65. The number of rotatable bonds is 2. The summed E-state index contributed by atoms with van der Waals surface area (Å²) in [5.41, 5.74) is 9.64. The largest absolute Gasteiger partial charge is 0.409 e. The lowest BCUT2D eigenvalue weighted by atomic mass is 10.2. The molecule has 0 aliphatic carbocycles. The van der Waals surface area contributed by atoms with E-state index in [4.69, 9.17) is 10.9 Å². The molecule has 0 bridgehead atoms. The quantitative estimate of drug-likeness (QED) is 0.363. The van der Waals surface area contributed by atoms with Crippen LogP contribution in [0.2, 0.25) is 0 Å². The van der Waals surface area contributed by atoms with Gasteiger partial charge in [0.2, 0.25) is 0 Å². The highest BCUT2D eigenvalue weighted by molar-refractivity contribution is 5.95. The van der Waals surface area contributed by atoms with Gasteiger partial charge in [0, 0.05) is 11.4 Å². The predicted molar refractivity (Wildman–Crippen MR) is 70.6 cm³/mol. The van der Waals surface area contributed by atoms with Gasteiger partial charge in [0.25, 0.3) is 5.95 Å². The fourth-order valence-electron chi connectivity index (χ4n) is 1.75. The van der Waals surface area contributed by atoms with Crippen LogP contribution in [0, 0.1) is 27.7 Å². The van der Waals surface area contributed by atoms with Crippen molar-refractivity contribution in [2.45, 2.75) is 27.7 Å². The second-order valence-electron chi connectivity index (χ2n) is 4.39. The Labute approximate surface area is 110 Å². The summed E-state index contributed by atoms with van der Waals surface area (Å²) in [6, 6.07) is 1.65. The van der Waals surface area contributed by atoms with Crippen LogP contribution in [-0.4, -0.2) is 30.8 Å². The second kappa shape index (κ2) is 4.68. The van der Waals surface area contributed by atoms with Crippen LogP contribution in [0.3, 0.4) is 0 Å². The van der Waals surface area contributed by atoms with Crippen LogP contribution in [0.1, 0.15) is 28.3 Å². The summed E-state index contributed by atoms with van der Waals surface area (Å²) in [6.45, 7) is 7.69. The van der Waals surface area contributed by atoms with Gasteiger partial charge in [-0.15, -0.1) is 0 Å². The van der Waals surface area contributed by atoms with E-state index in [0.717, 1.165) is 22.6 Å². The number of aromatic nitrogens is 4. The molecule has 0 aliphatic heterocycles. The maximum absolute atomic E-state index is 8.72. The number of oxime groups is 1. The van der Waals surface area contributed by atoms with Gasteiger partial charge in [-0.3, -0.25) is 0 Å². The van der Waals surface area contributed by atoms with Crippen molar-refractivity contribution < 1.29 is 5.21 Å². The third kappa shape index (κ3) is 2.26. The number of amidine groups is 1. The smallest absolute Gasteiger partial charge is 0.251 e. The molecule has 19 heavy (non-hydrogen) atoms. The van der Waals surface area contributed by atoms with Gasteiger partial charge in [0.05, 0.1) is 5.69 Å². The van der Waals surface area contributed by atoms with E-state index in [1.54, 1.807) is 10.7 Å². The Morgan fingerprint density at radius 3 is 2.47 bits per heavy atom. The van der Waals surface area contributed by atoms with E-state index in [0.29, 0.717) is 11.6 Å². The zero-order chi connectivity index (χ0) is 14.2. The molecule has 2 aromatic heterocycles. The van der Waals surface area contributed by atoms with Gasteiger partial charge in [-0.05, 0) is 39.3 Å². The molecule has 2 aromatic rings. The van der Waals surface area contributed by atoms with Gasteiger partial charge in [0.1, 0.15) is 5.69 Å². The maximum Gasteiger partial charge on any atom is 0.251 e. The van der Waals surface area contributed by atoms with E-state index in [1.807, 2.05) is 27.7 Å². The summed E-state index contributed by atoms with van der Waals surface area (Å²) in [4.78, 5) is 8.60. The summed E-state index contributed by atoms with van der Waals surface area (Å²) in [7, 11) is 0. The average molecular weight is 260 g/mol. The molecule has 3 N–H and O–H groups in total. The molecule has 0 radical (unpaired) electrons. The van der Waals surface area contributed by atoms with Gasteiger partial charge < -0.3 is 10.9 Å². The summed E-state index contributed by atoms with van der Waals surface area (Å²) in [5, 5.41) is 16.1. The van der Waals surface area contributed by atoms with Crippen molar-refractivity contribution in [3.05, 3.63) is 34.4 Å². The summed E-state index contributed by atoms with van der Waals surface area (Å²) >= 11 is 0. The zero-order valence-electron chi connectivity index (χ0n) is 11.3. The third-order valence-electron chi connectivity index (χ3n) is 3.06. The second-order valence-corrected chi connectivity index (χ2v) is 4.39. The number of nitrogens with zero attached hydrogens (tertiary/aromatic N) is 5. The first kappa shape index (κ1) is 13.0. The molecule has 7 heteroatoms. The van der Waals surface area contributed by atoms with Gasteiger partial charge in [0.15, 0.2) is 5.84 Å². The number of hydrogen-bond acceptors (Lipinski definition) is 5. The van der Waals surface area contributed by atoms with Crippen LogP contribution in [-0.2, 0) is 0 Å². The molecule has 7 nitrogen and oxygen atoms in total. The molecule has 0 fully saturated rings. The normalized spacial score (nSPS) is 11.9. The molecule has 0 saturated carbocycles. The van der Waals surface area contributed by atoms with E-state index >= 15 is 0 Å². The molecule has 0 atom stereocenters. The Morgan fingerprint density at radius 1 is 1.26 bits per heavy atom. The Bertz CT molecular complexity index is 658. The van der Waals surface area contributed by atoms with Crippen molar-refractivity contribution in [1.29, 1.82) is 0 Å². The van der Waals surface area contributed by atoms with Crippen LogP contribution < -0.4 is 5.73 Å². The molecule has 0 aliphatic rings. The van der Waals surface area contributed by atoms with Gasteiger partial charge in [-0.1, -0.05) is 5.16 Å². The van der Waals surface area contributed by atoms with Crippen molar-refractivity contribution >= 4 is 5.84 Å². The van der Waals surface area contributed by atoms with Crippen LogP contribution in [0.4, 0.5) is 0 Å². The molecule has 0 saturated heterocycles. The highest BCUT2D eigenvalue weighted by Crippen LogP contribution is 2.14. The topological polar surface area (TPSA) is 102 Å². The summed E-state index contributed by atoms with van der Waals surface area (Å²) in [5.74, 6) is 0.361. The van der Waals surface area contributed by atoms with Crippen molar-refractivity contribution in [2.75, 3.05) is 0 Å². The monoisotopic (exact) mass is 260 g/mol. The standard InChI is InChI=1S/C12H16N6O/c1-6-5-10(11(13)17-19)15-12(14-6)18-9(4)7(2)8(3)16-18/h5,19H,1-4H3,(H2,13,17). The van der Waals surface area contributed by atoms with Gasteiger partial charge in [-0.25, -0.2) is 14.6 Å². The van der Waals surface area contributed by atoms with E-state index in [2.05, 4.69) is 20.2 Å². The van der Waals surface area contributed by atoms with Crippen molar-refractivity contribution in [2.24, 2.45) is 10.9 Å². The van der Waals surface area contributed by atoms with E-state index in [1.165, 1.54) is 0 Å². The molecular weight excluding hydrogens is 244 g/mol. The molecule has 0 amide bonds. The maximum atomic E-state index is 8.72. The first-order valence-electron chi connectivity index (χ1n) is 5.80. The van der Waals surface area contributed by atoms with Gasteiger partial charge >= 0.3 is 0 Å². The summed E-state index contributed by atoms with van der Waals surface area (Å²) < 4.78 is 1.66. The van der Waals surface area contributed by atoms with Crippen molar-refractivity contribution in [3.8, 4) is 5.95 Å². The van der Waals surface area contributed by atoms with Crippen LogP contribution in [0.25, 0.3) is 5.95 Å². The van der Waals surface area contributed by atoms with Crippen LogP contribution >= 0.6 is 0 Å². The van der Waals surface area contributed by atoms with E-state index in [9.17, 15) is 0 Å². The molecule has 2 heterocycles. The fraction of sp³-hybridized carbons (Fsp3) is 0.333. The van der Waals surface area contributed by atoms with Crippen LogP contribution in [0.15, 0.2) is 11.2 Å². The highest BCUT2D eigenvalue weighted by Gasteiger charge is 2.13. The van der Waals surface area contributed by atoms with Crippen molar-refractivity contribution in [1.82, 2.24) is 19.7 Å². The minimum absolute atomic E-state index is 0.0509. The minimum Gasteiger partial charge on any atom is -0.409 e. The number of aryl methyl sites for hydroxylation is 2. The Morgan fingerprint density at radius 2 is 1.95 bits per heavy atom. The lowest BCUT2D eigenvalue weighted by molar-refractivity contribution is 0.318. The first-order chi connectivity index (χ1) is 8.93. The molecule has 0 aromatic carbocycles. The van der Waals surface area contributed by atoms with Crippen molar-refractivity contribution in [3.63, 3.8) is 0 Å². The summed E-state index contributed by atoms with van der Waals surface area (Å²) in [6.07, 6.45) is 0. The Balaban J connectivity index is 2.62. The number of nitrogens with two attached hydrogens (primary N) is 1. The lowest BCUT2D eigenvalue weighted by Gasteiger charge is -2.06. The molecule has 2 rings (SSSR count). The Hall–Kier alpha value is -2.44. The molecule has 100 valence electrons. The van der Waals surface area contributed by atoms with E-state index in [-0.39, 0.29) is 5.84 Å². The zero-order valence-corrected chi connectivity index (χ0v) is 11.3. The molecule has 0 spiro atoms. The number of hydrogen-bond donors (Lipinski definition) is 2. The fourth-order valence-corrected chi connectivity index (χ4v) is 1.75. The molecule has 0 unspecified atom stereocenters. The van der Waals surface area contributed by atoms with E-state index < -0.39 is 0 Å². The highest BCUT2D eigenvalue weighted by atomic mass is 16.4. The van der Waals surface area contributed by atoms with Crippen LogP contribution in [0.5, 0.6) is 0 Å². The van der Waals surface area contributed by atoms with Gasteiger partial charge in [-0.2, -0.15) is 5.10 Å². The minimum atomic E-state index is -0.0509. The Kier molecular flexibility index (Phi) is 3.20. The third-order valence-corrected chi connectivity index (χ3v) is 3.06. The molecular formula is C12H16N6O. The predicted octanol–water partition coefficient (Wildman–Crippen LogP) is 0.990. The SMILES string of the molecule is Cc1cc(/C(N)=N/O)nc(-n2nc(C)c(C)c2C)n1. The first-order valence-corrected chi connectivity index (χ1v) is 5.80.